The molecule has 0 aliphatic carbocycles. The van der Waals surface area contributed by atoms with Gasteiger partial charge in [0.1, 0.15) is 6.54 Å². The minimum absolute atomic E-state index is 0.0936. The first-order valence-electron chi connectivity index (χ1n) is 8.28. The van der Waals surface area contributed by atoms with Crippen molar-refractivity contribution in [3.8, 4) is 0 Å². The van der Waals surface area contributed by atoms with Gasteiger partial charge < -0.3 is 24.9 Å². The Bertz CT molecular complexity index is 562. The molecule has 1 aromatic rings. The fourth-order valence-corrected chi connectivity index (χ4v) is 2.50. The number of guanidine groups is 1. The third kappa shape index (κ3) is 4.74. The Morgan fingerprint density at radius 1 is 1.12 bits per heavy atom. The second-order valence-corrected chi connectivity index (χ2v) is 5.38. The summed E-state index contributed by atoms with van der Waals surface area (Å²) >= 11 is 0. The number of carbonyl (C=O) groups is 2. The smallest absolute Gasteiger partial charge is 0.289 e. The Kier molecular flexibility index (Phi) is 6.65. The fraction of sp³-hybridized carbons (Fsp3) is 0.562. The molecule has 0 bridgehead atoms. The summed E-state index contributed by atoms with van der Waals surface area (Å²) < 4.78 is 5.16. The average molecular weight is 335 g/mol. The molecule has 2 heterocycles. The molecule has 1 fully saturated rings. The Balaban J connectivity index is 1.91. The first-order valence-corrected chi connectivity index (χ1v) is 8.28. The molecule has 8 nitrogen and oxygen atoms in total. The van der Waals surface area contributed by atoms with Crippen LogP contribution in [0.15, 0.2) is 27.8 Å². The van der Waals surface area contributed by atoms with Gasteiger partial charge in [0.15, 0.2) is 11.7 Å². The summed E-state index contributed by atoms with van der Waals surface area (Å²) in [5, 5.41) is 5.92. The molecule has 2 N–H and O–H groups in total. The van der Waals surface area contributed by atoms with E-state index in [9.17, 15) is 9.59 Å². The molecule has 8 heteroatoms. The van der Waals surface area contributed by atoms with Crippen molar-refractivity contribution in [1.82, 2.24) is 20.4 Å². The molecule has 0 atom stereocenters. The summed E-state index contributed by atoms with van der Waals surface area (Å²) in [6.45, 7) is 7.78. The molecular formula is C16H25N5O3. The van der Waals surface area contributed by atoms with Crippen molar-refractivity contribution in [1.29, 1.82) is 0 Å². The van der Waals surface area contributed by atoms with Gasteiger partial charge in [-0.15, -0.1) is 0 Å². The molecule has 1 aliphatic rings. The van der Waals surface area contributed by atoms with E-state index in [0.717, 1.165) is 6.54 Å². The number of rotatable bonds is 5. The highest BCUT2D eigenvalue weighted by molar-refractivity contribution is 5.91. The summed E-state index contributed by atoms with van der Waals surface area (Å²) in [7, 11) is 0. The summed E-state index contributed by atoms with van der Waals surface area (Å²) in [6.07, 6.45) is 1.50. The molecule has 0 spiro atoms. The summed E-state index contributed by atoms with van der Waals surface area (Å²) in [4.78, 5) is 32.0. The number of hydrogen-bond acceptors (Lipinski definition) is 4. The third-order valence-electron chi connectivity index (χ3n) is 3.68. The number of nitrogens with zero attached hydrogens (tertiary/aromatic N) is 3. The minimum Gasteiger partial charge on any atom is -0.459 e. The Hall–Kier alpha value is -2.51. The van der Waals surface area contributed by atoms with E-state index in [2.05, 4.69) is 20.5 Å². The molecule has 2 amide bonds. The van der Waals surface area contributed by atoms with E-state index in [4.69, 9.17) is 4.42 Å². The van der Waals surface area contributed by atoms with Gasteiger partial charge >= 0.3 is 0 Å². The molecule has 1 aliphatic heterocycles. The monoisotopic (exact) mass is 335 g/mol. The van der Waals surface area contributed by atoms with Gasteiger partial charge in [-0.2, -0.15) is 0 Å². The van der Waals surface area contributed by atoms with E-state index in [1.165, 1.54) is 6.26 Å². The minimum atomic E-state index is -0.0977. The quantitative estimate of drug-likeness (QED) is 0.590. The number of nitrogens with one attached hydrogen (secondary N) is 2. The van der Waals surface area contributed by atoms with Gasteiger partial charge in [0.25, 0.3) is 5.91 Å². The largest absolute Gasteiger partial charge is 0.459 e. The Morgan fingerprint density at radius 3 is 2.38 bits per heavy atom. The number of furan rings is 1. The molecule has 0 aromatic carbocycles. The highest BCUT2D eigenvalue weighted by Crippen LogP contribution is 2.09. The molecule has 132 valence electrons. The van der Waals surface area contributed by atoms with E-state index < -0.39 is 0 Å². The van der Waals surface area contributed by atoms with Gasteiger partial charge in [-0.3, -0.25) is 9.59 Å². The highest BCUT2D eigenvalue weighted by Gasteiger charge is 2.25. The average Bonchev–Trinajstić information content (AvgIpc) is 3.13. The maximum Gasteiger partial charge on any atom is 0.289 e. The molecule has 24 heavy (non-hydrogen) atoms. The van der Waals surface area contributed by atoms with Crippen molar-refractivity contribution in [3.05, 3.63) is 24.2 Å². The molecule has 1 aromatic heterocycles. The predicted octanol–water partition coefficient (Wildman–Crippen LogP) is 0.139. The van der Waals surface area contributed by atoms with Crippen LogP contribution in [0.25, 0.3) is 0 Å². The molecule has 2 rings (SSSR count). The van der Waals surface area contributed by atoms with Crippen LogP contribution in [-0.2, 0) is 4.79 Å². The topological polar surface area (TPSA) is 90.2 Å². The second-order valence-electron chi connectivity index (χ2n) is 5.38. The number of likely N-dealkylation sites (N-methyl/N-ethyl adjacent to an activating group) is 1. The lowest BCUT2D eigenvalue weighted by Gasteiger charge is -2.36. The van der Waals surface area contributed by atoms with Crippen LogP contribution in [0.1, 0.15) is 24.4 Å². The standard InChI is InChI=1S/C16H25N5O3/c1-3-17-14(22)12-19-16(18-4-2)21-9-7-20(8-10-21)15(23)13-6-5-11-24-13/h5-6,11H,3-4,7-10,12H2,1-2H3,(H,17,22)(H,18,19). The van der Waals surface area contributed by atoms with Gasteiger partial charge in [0.2, 0.25) is 5.91 Å². The van der Waals surface area contributed by atoms with Crippen molar-refractivity contribution < 1.29 is 14.0 Å². The van der Waals surface area contributed by atoms with Crippen LogP contribution in [0.4, 0.5) is 0 Å². The zero-order valence-electron chi connectivity index (χ0n) is 14.2. The summed E-state index contributed by atoms with van der Waals surface area (Å²) in [6, 6.07) is 3.38. The van der Waals surface area contributed by atoms with Gasteiger partial charge in [-0.25, -0.2) is 4.99 Å². The van der Waals surface area contributed by atoms with Gasteiger partial charge in [0, 0.05) is 39.3 Å². The van der Waals surface area contributed by atoms with Gasteiger partial charge in [-0.05, 0) is 26.0 Å². The van der Waals surface area contributed by atoms with Crippen LogP contribution in [0.3, 0.4) is 0 Å². The van der Waals surface area contributed by atoms with E-state index in [-0.39, 0.29) is 18.4 Å². The van der Waals surface area contributed by atoms with Crippen LogP contribution in [0.2, 0.25) is 0 Å². The lowest BCUT2D eigenvalue weighted by Crippen LogP contribution is -2.54. The molecule has 0 saturated carbocycles. The van der Waals surface area contributed by atoms with Crippen molar-refractivity contribution in [3.63, 3.8) is 0 Å². The fourth-order valence-electron chi connectivity index (χ4n) is 2.50. The number of aliphatic imine (C=N–C) groups is 1. The molecular weight excluding hydrogens is 310 g/mol. The Morgan fingerprint density at radius 2 is 1.79 bits per heavy atom. The highest BCUT2D eigenvalue weighted by atomic mass is 16.3. The number of hydrogen-bond donors (Lipinski definition) is 2. The normalized spacial score (nSPS) is 15.3. The lowest BCUT2D eigenvalue weighted by atomic mass is 10.3. The first kappa shape index (κ1) is 17.8. The van der Waals surface area contributed by atoms with E-state index >= 15 is 0 Å². The van der Waals surface area contributed by atoms with Crippen molar-refractivity contribution in [2.24, 2.45) is 4.99 Å². The van der Waals surface area contributed by atoms with Crippen LogP contribution < -0.4 is 10.6 Å². The van der Waals surface area contributed by atoms with Crippen molar-refractivity contribution in [2.45, 2.75) is 13.8 Å². The number of piperazine rings is 1. The molecule has 0 unspecified atom stereocenters. The number of carbonyl (C=O) groups excluding carboxylic acids is 2. The molecule has 0 radical (unpaired) electrons. The summed E-state index contributed by atoms with van der Waals surface area (Å²) in [5.41, 5.74) is 0. The van der Waals surface area contributed by atoms with Crippen LogP contribution in [0.5, 0.6) is 0 Å². The SMILES string of the molecule is CCNC(=O)CN=C(NCC)N1CCN(C(=O)c2ccco2)CC1. The Labute approximate surface area is 141 Å². The van der Waals surface area contributed by atoms with Crippen LogP contribution >= 0.6 is 0 Å². The predicted molar refractivity (Wildman–Crippen MR) is 90.8 cm³/mol. The van der Waals surface area contributed by atoms with E-state index in [1.54, 1.807) is 17.0 Å². The summed E-state index contributed by atoms with van der Waals surface area (Å²) in [5.74, 6) is 0.873. The maximum atomic E-state index is 12.3. The van der Waals surface area contributed by atoms with Gasteiger partial charge in [0.05, 0.1) is 6.26 Å². The van der Waals surface area contributed by atoms with Crippen molar-refractivity contribution in [2.75, 3.05) is 45.8 Å². The number of amides is 2. The van der Waals surface area contributed by atoms with Crippen LogP contribution in [-0.4, -0.2) is 73.4 Å². The second kappa shape index (κ2) is 8.95. The van der Waals surface area contributed by atoms with E-state index in [1.807, 2.05) is 13.8 Å². The van der Waals surface area contributed by atoms with Crippen molar-refractivity contribution >= 4 is 17.8 Å². The molecule has 1 saturated heterocycles. The zero-order valence-corrected chi connectivity index (χ0v) is 14.2. The zero-order chi connectivity index (χ0) is 17.4. The maximum absolute atomic E-state index is 12.3. The lowest BCUT2D eigenvalue weighted by molar-refractivity contribution is -0.119. The van der Waals surface area contributed by atoms with E-state index in [0.29, 0.717) is 44.4 Å². The first-order chi connectivity index (χ1) is 11.7. The third-order valence-corrected chi connectivity index (χ3v) is 3.68. The van der Waals surface area contributed by atoms with Crippen LogP contribution in [0, 0.1) is 0 Å². The van der Waals surface area contributed by atoms with Gasteiger partial charge in [-0.1, -0.05) is 0 Å².